The van der Waals surface area contributed by atoms with Crippen LogP contribution in [0, 0.1) is 0 Å². The van der Waals surface area contributed by atoms with Crippen molar-refractivity contribution in [2.75, 3.05) is 0 Å². The molecular formula is C13H17ClS2. The van der Waals surface area contributed by atoms with Gasteiger partial charge in [0.2, 0.25) is 0 Å². The molecule has 0 aromatic rings. The Kier molecular flexibility index (Phi) is 12.2. The van der Waals surface area contributed by atoms with Crippen LogP contribution in [0.3, 0.4) is 0 Å². The Bertz CT molecular complexity index is 270. The lowest BCUT2D eigenvalue weighted by Gasteiger charge is -1.83. The third-order valence-electron chi connectivity index (χ3n) is 1.02. The molecule has 0 aromatic carbocycles. The highest BCUT2D eigenvalue weighted by molar-refractivity contribution is 7.84. The van der Waals surface area contributed by atoms with E-state index >= 15 is 0 Å². The van der Waals surface area contributed by atoms with Crippen LogP contribution in [0.2, 0.25) is 0 Å². The maximum atomic E-state index is 5.37. The van der Waals surface area contributed by atoms with Crippen LogP contribution < -0.4 is 0 Å². The average Bonchev–Trinajstić information content (AvgIpc) is 2.12. The average molecular weight is 273 g/mol. The molecule has 0 heterocycles. The van der Waals surface area contributed by atoms with E-state index in [-0.39, 0.29) is 0 Å². The van der Waals surface area contributed by atoms with Crippen molar-refractivity contribution in [3.8, 4) is 0 Å². The summed E-state index contributed by atoms with van der Waals surface area (Å²) in [6.45, 7) is 16.1. The van der Waals surface area contributed by atoms with Gasteiger partial charge >= 0.3 is 0 Å². The molecule has 0 N–H and O–H groups in total. The van der Waals surface area contributed by atoms with Crippen LogP contribution >= 0.6 is 36.9 Å². The van der Waals surface area contributed by atoms with Crippen LogP contribution in [0.25, 0.3) is 0 Å². The summed E-state index contributed by atoms with van der Waals surface area (Å²) in [7, 11) is 0. The van der Waals surface area contributed by atoms with Crippen LogP contribution in [-0.4, -0.2) is 0 Å². The third kappa shape index (κ3) is 23.3. The molecule has 0 atom stereocenters. The van der Waals surface area contributed by atoms with Gasteiger partial charge in [-0.2, -0.15) is 0 Å². The van der Waals surface area contributed by atoms with Gasteiger partial charge in [0, 0.05) is 5.03 Å². The Hall–Kier alpha value is -0.570. The minimum absolute atomic E-state index is 0.486. The van der Waals surface area contributed by atoms with Gasteiger partial charge in [-0.25, -0.2) is 0 Å². The van der Waals surface area contributed by atoms with E-state index in [0.717, 1.165) is 10.5 Å². The maximum Gasteiger partial charge on any atom is 0.0334 e. The number of rotatable bonds is 4. The van der Waals surface area contributed by atoms with Gasteiger partial charge in [-0.05, 0) is 35.0 Å². The molecular weight excluding hydrogens is 256 g/mol. The highest BCUT2D eigenvalue weighted by atomic mass is 35.5. The predicted octanol–water partition coefficient (Wildman–Crippen LogP) is 5.30. The molecule has 0 aliphatic rings. The van der Waals surface area contributed by atoms with Gasteiger partial charge in [0.25, 0.3) is 0 Å². The van der Waals surface area contributed by atoms with Gasteiger partial charge in [-0.1, -0.05) is 49.6 Å². The Labute approximate surface area is 115 Å². The Balaban J connectivity index is 0. The minimum atomic E-state index is 0.486. The molecule has 0 nitrogen and oxygen atoms in total. The maximum absolute atomic E-state index is 5.37. The van der Waals surface area contributed by atoms with Gasteiger partial charge in [0.1, 0.15) is 0 Å². The van der Waals surface area contributed by atoms with Crippen molar-refractivity contribution in [2.45, 2.75) is 6.92 Å². The standard InChI is InChI=1S/C7H10S.C6H7ClS/c1-6(2)4-5-7(3)8;1-5(7)3-4-6(2)8/h4-5,8H,1,3H2,2H3;3-4,8H,1-2H2/b5-4-;4-3-. The number of halogens is 1. The topological polar surface area (TPSA) is 0 Å². The van der Waals surface area contributed by atoms with Crippen molar-refractivity contribution in [3.05, 3.63) is 71.0 Å². The summed E-state index contributed by atoms with van der Waals surface area (Å²) in [5.74, 6) is 0. The molecule has 0 saturated heterocycles. The Morgan fingerprint density at radius 3 is 1.38 bits per heavy atom. The lowest BCUT2D eigenvalue weighted by molar-refractivity contribution is 1.56. The lowest BCUT2D eigenvalue weighted by Crippen LogP contribution is -1.60. The fourth-order valence-electron chi connectivity index (χ4n) is 0.425. The first-order valence-corrected chi connectivity index (χ1v) is 5.64. The zero-order valence-electron chi connectivity index (χ0n) is 9.41. The normalized spacial score (nSPS) is 9.75. The second-order valence-corrected chi connectivity index (χ2v) is 4.58. The summed E-state index contributed by atoms with van der Waals surface area (Å²) in [6.07, 6.45) is 7.00. The molecule has 0 fully saturated rings. The number of thiol groups is 2. The van der Waals surface area contributed by atoms with E-state index in [0.29, 0.717) is 9.94 Å². The van der Waals surface area contributed by atoms with Crippen LogP contribution in [0.4, 0.5) is 0 Å². The first kappa shape index (κ1) is 17.8. The van der Waals surface area contributed by atoms with E-state index in [2.05, 4.69) is 51.6 Å². The number of hydrogen-bond acceptors (Lipinski definition) is 2. The molecule has 16 heavy (non-hydrogen) atoms. The zero-order chi connectivity index (χ0) is 13.1. The lowest BCUT2D eigenvalue weighted by atomic mass is 10.3. The summed E-state index contributed by atoms with van der Waals surface area (Å²) >= 11 is 13.2. The zero-order valence-corrected chi connectivity index (χ0v) is 12.0. The van der Waals surface area contributed by atoms with E-state index in [9.17, 15) is 0 Å². The van der Waals surface area contributed by atoms with Gasteiger partial charge in [0.05, 0.1) is 0 Å². The third-order valence-corrected chi connectivity index (χ3v) is 1.44. The fourth-order valence-corrected chi connectivity index (χ4v) is 0.637. The van der Waals surface area contributed by atoms with Crippen molar-refractivity contribution in [2.24, 2.45) is 0 Å². The summed E-state index contributed by atoms with van der Waals surface area (Å²) < 4.78 is 0. The first-order valence-electron chi connectivity index (χ1n) is 4.37. The van der Waals surface area contributed by atoms with Crippen LogP contribution in [-0.2, 0) is 0 Å². The minimum Gasteiger partial charge on any atom is -0.144 e. The largest absolute Gasteiger partial charge is 0.144 e. The van der Waals surface area contributed by atoms with Crippen molar-refractivity contribution < 1.29 is 0 Å². The Morgan fingerprint density at radius 2 is 1.25 bits per heavy atom. The van der Waals surface area contributed by atoms with Crippen molar-refractivity contribution in [1.82, 2.24) is 0 Å². The molecule has 0 aliphatic carbocycles. The second kappa shape index (κ2) is 10.9. The smallest absolute Gasteiger partial charge is 0.0334 e. The van der Waals surface area contributed by atoms with Gasteiger partial charge in [0.15, 0.2) is 0 Å². The summed E-state index contributed by atoms with van der Waals surface area (Å²) in [5.41, 5.74) is 1.01. The molecule has 0 aromatic heterocycles. The molecule has 0 radical (unpaired) electrons. The Morgan fingerprint density at radius 1 is 0.875 bits per heavy atom. The van der Waals surface area contributed by atoms with E-state index < -0.39 is 0 Å². The number of hydrogen-bond donors (Lipinski definition) is 2. The highest BCUT2D eigenvalue weighted by Crippen LogP contribution is 2.03. The van der Waals surface area contributed by atoms with E-state index in [4.69, 9.17) is 11.6 Å². The predicted molar refractivity (Wildman–Crippen MR) is 84.3 cm³/mol. The quantitative estimate of drug-likeness (QED) is 0.503. The fraction of sp³-hybridized carbons (Fsp3) is 0.0769. The first-order chi connectivity index (χ1) is 7.25. The van der Waals surface area contributed by atoms with Crippen LogP contribution in [0.1, 0.15) is 6.92 Å². The molecule has 0 unspecified atom stereocenters. The SMILES string of the molecule is C=C(C)/C=C\C(=C)S.C=C(S)/C=C\C(=C)Cl. The van der Waals surface area contributed by atoms with Crippen molar-refractivity contribution in [1.29, 1.82) is 0 Å². The van der Waals surface area contributed by atoms with E-state index in [1.807, 2.05) is 19.1 Å². The van der Waals surface area contributed by atoms with Gasteiger partial charge in [-0.15, -0.1) is 25.3 Å². The summed E-state index contributed by atoms with van der Waals surface area (Å²) in [6, 6.07) is 0. The molecule has 0 spiro atoms. The number of allylic oxidation sites excluding steroid dienone is 6. The van der Waals surface area contributed by atoms with E-state index in [1.165, 1.54) is 0 Å². The summed E-state index contributed by atoms with van der Waals surface area (Å²) in [4.78, 5) is 1.43. The molecule has 0 bridgehead atoms. The van der Waals surface area contributed by atoms with Gasteiger partial charge < -0.3 is 0 Å². The molecule has 3 heteroatoms. The highest BCUT2D eigenvalue weighted by Gasteiger charge is 1.75. The van der Waals surface area contributed by atoms with Gasteiger partial charge in [-0.3, -0.25) is 0 Å². The van der Waals surface area contributed by atoms with Crippen molar-refractivity contribution >= 4 is 36.9 Å². The molecule has 0 saturated carbocycles. The monoisotopic (exact) mass is 272 g/mol. The second-order valence-electron chi connectivity index (χ2n) is 2.94. The molecule has 0 rings (SSSR count). The molecule has 0 amide bonds. The van der Waals surface area contributed by atoms with Crippen molar-refractivity contribution in [3.63, 3.8) is 0 Å². The van der Waals surface area contributed by atoms with Crippen LogP contribution in [0.5, 0.6) is 0 Å². The van der Waals surface area contributed by atoms with E-state index in [1.54, 1.807) is 12.2 Å². The molecule has 88 valence electrons. The molecule has 0 aliphatic heterocycles. The van der Waals surface area contributed by atoms with Crippen LogP contribution in [0.15, 0.2) is 71.0 Å². The summed E-state index contributed by atoms with van der Waals surface area (Å²) in [5, 5.41) is 0.486.